The van der Waals surface area contributed by atoms with Crippen LogP contribution in [0.2, 0.25) is 0 Å². The van der Waals surface area contributed by atoms with Crippen molar-refractivity contribution in [3.63, 3.8) is 0 Å². The molecule has 1 N–H and O–H groups in total. The van der Waals surface area contributed by atoms with Gasteiger partial charge in [-0.3, -0.25) is 0 Å². The van der Waals surface area contributed by atoms with Gasteiger partial charge in [-0.1, -0.05) is 60.7 Å². The van der Waals surface area contributed by atoms with E-state index in [1.54, 1.807) is 0 Å². The molecule has 3 heteroatoms. The second-order valence-electron chi connectivity index (χ2n) is 5.39. The Morgan fingerprint density at radius 3 is 1.48 bits per heavy atom. The van der Waals surface area contributed by atoms with Crippen molar-refractivity contribution in [2.75, 3.05) is 26.3 Å². The molecule has 0 atom stereocenters. The third kappa shape index (κ3) is 6.48. The average Bonchev–Trinajstić information content (AvgIpc) is 2.67. The van der Waals surface area contributed by atoms with Crippen molar-refractivity contribution in [2.24, 2.45) is 0 Å². The summed E-state index contributed by atoms with van der Waals surface area (Å²) in [6, 6.07) is 20.3. The third-order valence-corrected chi connectivity index (χ3v) is 3.58. The van der Waals surface area contributed by atoms with Crippen molar-refractivity contribution in [3.05, 3.63) is 83.9 Å². The van der Waals surface area contributed by atoms with Crippen molar-refractivity contribution in [1.29, 1.82) is 0 Å². The molecule has 132 valence electrons. The molecule has 2 aromatic rings. The van der Waals surface area contributed by atoms with Crippen LogP contribution in [0.15, 0.2) is 72.8 Å². The van der Waals surface area contributed by atoms with Gasteiger partial charge in [-0.05, 0) is 26.0 Å². The Hall–Kier alpha value is -2.52. The molecule has 2 aromatic carbocycles. The number of rotatable bonds is 10. The lowest BCUT2D eigenvalue weighted by atomic mass is 10.2. The van der Waals surface area contributed by atoms with Crippen LogP contribution in [-0.2, 0) is 9.47 Å². The average molecular weight is 337 g/mol. The minimum absolute atomic E-state index is 0.656. The first kappa shape index (κ1) is 18.8. The van der Waals surface area contributed by atoms with E-state index < -0.39 is 0 Å². The molecule has 2 rings (SSSR count). The maximum Gasteiger partial charge on any atom is 0.123 e. The van der Waals surface area contributed by atoms with Crippen LogP contribution in [0.4, 0.5) is 0 Å². The van der Waals surface area contributed by atoms with E-state index in [1.807, 2.05) is 50.2 Å². The molecule has 0 fully saturated rings. The van der Waals surface area contributed by atoms with E-state index in [1.165, 1.54) is 0 Å². The Kier molecular flexibility index (Phi) is 8.36. The van der Waals surface area contributed by atoms with Crippen LogP contribution in [-0.4, -0.2) is 26.3 Å². The fourth-order valence-corrected chi connectivity index (χ4v) is 2.45. The number of nitrogens with one attached hydrogen (secondary N) is 1. The molecule has 0 aliphatic rings. The van der Waals surface area contributed by atoms with Crippen LogP contribution in [0, 0.1) is 0 Å². The maximum atomic E-state index is 5.74. The van der Waals surface area contributed by atoms with Gasteiger partial charge in [-0.25, -0.2) is 0 Å². The lowest BCUT2D eigenvalue weighted by Crippen LogP contribution is -2.14. The molecule has 3 nitrogen and oxygen atoms in total. The van der Waals surface area contributed by atoms with Gasteiger partial charge < -0.3 is 14.8 Å². The van der Waals surface area contributed by atoms with E-state index in [0.717, 1.165) is 35.7 Å². The van der Waals surface area contributed by atoms with Gasteiger partial charge in [-0.15, -0.1) is 0 Å². The monoisotopic (exact) mass is 337 g/mol. The van der Waals surface area contributed by atoms with Gasteiger partial charge in [-0.2, -0.15) is 0 Å². The number of benzene rings is 2. The smallest absolute Gasteiger partial charge is 0.123 e. The maximum absolute atomic E-state index is 5.74. The fraction of sp³-hybridized carbons (Fsp3) is 0.273. The zero-order chi connectivity index (χ0) is 17.7. The van der Waals surface area contributed by atoms with E-state index in [-0.39, 0.29) is 0 Å². The Morgan fingerprint density at radius 2 is 1.12 bits per heavy atom. The molecule has 0 amide bonds. The Bertz CT molecular complexity index is 603. The first-order valence-corrected chi connectivity index (χ1v) is 8.82. The Balaban J connectivity index is 1.93. The second kappa shape index (κ2) is 11.1. The van der Waals surface area contributed by atoms with Crippen molar-refractivity contribution in [2.45, 2.75) is 13.8 Å². The van der Waals surface area contributed by atoms with E-state index in [2.05, 4.69) is 41.7 Å². The van der Waals surface area contributed by atoms with Crippen LogP contribution in [0.5, 0.6) is 0 Å². The molecule has 0 saturated heterocycles. The summed E-state index contributed by atoms with van der Waals surface area (Å²) in [6.45, 7) is 6.78. The first-order chi connectivity index (χ1) is 12.3. The standard InChI is InChI=1S/C22H27NO2/c1-3-24-21(19-11-7-5-8-12-19)15-17-23-18-16-22(25-4-2)20-13-9-6-10-14-20/h5-16,23H,3-4,17-18H2,1-2H3. The SMILES string of the molecule is CCOC(=CCNCC=C(OCC)c1ccccc1)c1ccccc1. The van der Waals surface area contributed by atoms with Crippen molar-refractivity contribution in [3.8, 4) is 0 Å². The lowest BCUT2D eigenvalue weighted by molar-refractivity contribution is 0.296. The van der Waals surface area contributed by atoms with Gasteiger partial charge in [0.25, 0.3) is 0 Å². The van der Waals surface area contributed by atoms with Crippen LogP contribution >= 0.6 is 0 Å². The molecule has 0 saturated carbocycles. The first-order valence-electron chi connectivity index (χ1n) is 8.82. The summed E-state index contributed by atoms with van der Waals surface area (Å²) in [6.07, 6.45) is 4.16. The third-order valence-electron chi connectivity index (χ3n) is 3.58. The van der Waals surface area contributed by atoms with Gasteiger partial charge in [0, 0.05) is 24.2 Å². The van der Waals surface area contributed by atoms with Gasteiger partial charge >= 0.3 is 0 Å². The largest absolute Gasteiger partial charge is 0.494 e. The molecule has 0 aliphatic heterocycles. The molecule has 0 aliphatic carbocycles. The van der Waals surface area contributed by atoms with Crippen LogP contribution in [0.25, 0.3) is 11.5 Å². The predicted molar refractivity (Wildman–Crippen MR) is 105 cm³/mol. The fourth-order valence-electron chi connectivity index (χ4n) is 2.45. The van der Waals surface area contributed by atoms with Crippen LogP contribution in [0.3, 0.4) is 0 Å². The minimum atomic E-state index is 0.656. The van der Waals surface area contributed by atoms with Gasteiger partial charge in [0.1, 0.15) is 11.5 Å². The highest BCUT2D eigenvalue weighted by molar-refractivity contribution is 5.60. The highest BCUT2D eigenvalue weighted by atomic mass is 16.5. The highest BCUT2D eigenvalue weighted by Gasteiger charge is 2.02. The molecule has 0 bridgehead atoms. The quantitative estimate of drug-likeness (QED) is 0.502. The van der Waals surface area contributed by atoms with Crippen molar-refractivity contribution < 1.29 is 9.47 Å². The summed E-state index contributed by atoms with van der Waals surface area (Å²) < 4.78 is 11.5. The molecular formula is C22H27NO2. The van der Waals surface area contributed by atoms with Crippen molar-refractivity contribution in [1.82, 2.24) is 5.32 Å². The van der Waals surface area contributed by atoms with Crippen molar-refractivity contribution >= 4 is 11.5 Å². The predicted octanol–water partition coefficient (Wildman–Crippen LogP) is 4.73. The van der Waals surface area contributed by atoms with Gasteiger partial charge in [0.05, 0.1) is 13.2 Å². The number of hydrogen-bond donors (Lipinski definition) is 1. The summed E-state index contributed by atoms with van der Waals surface area (Å²) in [5.41, 5.74) is 2.20. The Morgan fingerprint density at radius 1 is 0.720 bits per heavy atom. The second-order valence-corrected chi connectivity index (χ2v) is 5.39. The molecule has 0 unspecified atom stereocenters. The molecule has 25 heavy (non-hydrogen) atoms. The summed E-state index contributed by atoms with van der Waals surface area (Å²) >= 11 is 0. The zero-order valence-corrected chi connectivity index (χ0v) is 15.1. The normalized spacial score (nSPS) is 12.1. The summed E-state index contributed by atoms with van der Waals surface area (Å²) in [7, 11) is 0. The summed E-state index contributed by atoms with van der Waals surface area (Å²) in [5, 5.41) is 3.39. The van der Waals surface area contributed by atoms with E-state index in [9.17, 15) is 0 Å². The summed E-state index contributed by atoms with van der Waals surface area (Å²) in [5.74, 6) is 1.82. The molecule has 0 aromatic heterocycles. The number of ether oxygens (including phenoxy) is 2. The van der Waals surface area contributed by atoms with Crippen LogP contribution in [0.1, 0.15) is 25.0 Å². The number of hydrogen-bond acceptors (Lipinski definition) is 3. The summed E-state index contributed by atoms with van der Waals surface area (Å²) in [4.78, 5) is 0. The topological polar surface area (TPSA) is 30.5 Å². The molecule has 0 spiro atoms. The minimum Gasteiger partial charge on any atom is -0.494 e. The van der Waals surface area contributed by atoms with Gasteiger partial charge in [0.2, 0.25) is 0 Å². The van der Waals surface area contributed by atoms with Gasteiger partial charge in [0.15, 0.2) is 0 Å². The molecule has 0 radical (unpaired) electrons. The van der Waals surface area contributed by atoms with E-state index in [4.69, 9.17) is 9.47 Å². The molecule has 0 heterocycles. The van der Waals surface area contributed by atoms with E-state index in [0.29, 0.717) is 13.2 Å². The van der Waals surface area contributed by atoms with E-state index >= 15 is 0 Å². The highest BCUT2D eigenvalue weighted by Crippen LogP contribution is 2.16. The zero-order valence-electron chi connectivity index (χ0n) is 15.1. The lowest BCUT2D eigenvalue weighted by Gasteiger charge is -2.10. The molecular weight excluding hydrogens is 310 g/mol. The van der Waals surface area contributed by atoms with Crippen LogP contribution < -0.4 is 5.32 Å². The Labute approximate surface area is 151 Å².